The Kier molecular flexibility index (Phi) is 11.9. The monoisotopic (exact) mass is 380 g/mol. The third kappa shape index (κ3) is 9.73. The van der Waals surface area contributed by atoms with Crippen molar-refractivity contribution in [1.82, 2.24) is 10.6 Å². The molecule has 0 aromatic carbocycles. The highest BCUT2D eigenvalue weighted by atomic mass is 16.2. The Morgan fingerprint density at radius 3 is 2.00 bits per heavy atom. The van der Waals surface area contributed by atoms with Gasteiger partial charge in [-0.25, -0.2) is 0 Å². The Morgan fingerprint density at radius 1 is 0.963 bits per heavy atom. The Balaban J connectivity index is 5.13. The van der Waals surface area contributed by atoms with Gasteiger partial charge in [-0.2, -0.15) is 0 Å². The molecule has 0 aliphatic carbocycles. The molecule has 0 aromatic heterocycles. The maximum absolute atomic E-state index is 12.8. The second-order valence-corrected chi connectivity index (χ2v) is 8.41. The molecule has 5 heteroatoms. The molecule has 27 heavy (non-hydrogen) atoms. The molecule has 0 bridgehead atoms. The molecular formula is C22H40N2O3. The fourth-order valence-corrected chi connectivity index (χ4v) is 2.84. The van der Waals surface area contributed by atoms with Crippen LogP contribution in [0.3, 0.4) is 0 Å². The zero-order chi connectivity index (χ0) is 21.1. The first-order valence-electron chi connectivity index (χ1n) is 10.3. The smallest absolute Gasteiger partial charge is 0.243 e. The average molecular weight is 381 g/mol. The van der Waals surface area contributed by atoms with Crippen LogP contribution in [0.5, 0.6) is 0 Å². The van der Waals surface area contributed by atoms with Gasteiger partial charge in [0.2, 0.25) is 11.8 Å². The molecule has 0 radical (unpaired) electrons. The third-order valence-corrected chi connectivity index (χ3v) is 4.81. The first-order valence-corrected chi connectivity index (χ1v) is 10.3. The summed E-state index contributed by atoms with van der Waals surface area (Å²) in [5.41, 5.74) is 0.785. The molecule has 0 saturated heterocycles. The van der Waals surface area contributed by atoms with Crippen LogP contribution >= 0.6 is 0 Å². The summed E-state index contributed by atoms with van der Waals surface area (Å²) in [6.07, 6.45) is 3.85. The van der Waals surface area contributed by atoms with E-state index in [1.54, 1.807) is 0 Å². The van der Waals surface area contributed by atoms with E-state index >= 15 is 0 Å². The molecule has 0 fully saturated rings. The van der Waals surface area contributed by atoms with Gasteiger partial charge in [-0.3, -0.25) is 14.4 Å². The van der Waals surface area contributed by atoms with Crippen LogP contribution in [-0.4, -0.2) is 29.7 Å². The molecular weight excluding hydrogens is 340 g/mol. The maximum atomic E-state index is 12.8. The highest BCUT2D eigenvalue weighted by Crippen LogP contribution is 2.16. The Labute approximate surface area is 165 Å². The summed E-state index contributed by atoms with van der Waals surface area (Å²) in [5, 5.41) is 5.74. The van der Waals surface area contributed by atoms with Crippen LogP contribution < -0.4 is 10.6 Å². The SMILES string of the molecule is C=C(C)C(C)C(=O)[C@H](CC(C)C)NC(=O)C(NC(=O)CCCCC)C(C)C. The van der Waals surface area contributed by atoms with Gasteiger partial charge in [0.1, 0.15) is 6.04 Å². The summed E-state index contributed by atoms with van der Waals surface area (Å²) in [4.78, 5) is 37.8. The third-order valence-electron chi connectivity index (χ3n) is 4.81. The largest absolute Gasteiger partial charge is 0.344 e. The molecule has 156 valence electrons. The lowest BCUT2D eigenvalue weighted by molar-refractivity contribution is -0.133. The summed E-state index contributed by atoms with van der Waals surface area (Å²) < 4.78 is 0. The molecule has 0 aromatic rings. The van der Waals surface area contributed by atoms with Gasteiger partial charge in [-0.1, -0.05) is 66.5 Å². The fraction of sp³-hybridized carbons (Fsp3) is 0.773. The van der Waals surface area contributed by atoms with Gasteiger partial charge in [-0.15, -0.1) is 0 Å². The number of allylic oxidation sites excluding steroid dienone is 1. The number of carbonyl (C=O) groups is 3. The van der Waals surface area contributed by atoms with Crippen LogP contribution in [-0.2, 0) is 14.4 Å². The van der Waals surface area contributed by atoms with Crippen molar-refractivity contribution in [1.29, 1.82) is 0 Å². The number of hydrogen-bond donors (Lipinski definition) is 2. The minimum Gasteiger partial charge on any atom is -0.344 e. The van der Waals surface area contributed by atoms with E-state index < -0.39 is 12.1 Å². The number of nitrogens with one attached hydrogen (secondary N) is 2. The lowest BCUT2D eigenvalue weighted by Crippen LogP contribution is -2.54. The van der Waals surface area contributed by atoms with Crippen LogP contribution in [0.2, 0.25) is 0 Å². The minimum atomic E-state index is -0.637. The topological polar surface area (TPSA) is 75.3 Å². The molecule has 5 nitrogen and oxygen atoms in total. The Bertz CT molecular complexity index is 512. The normalized spacial score (nSPS) is 14.6. The minimum absolute atomic E-state index is 0.0265. The van der Waals surface area contributed by atoms with E-state index in [2.05, 4.69) is 24.1 Å². The highest BCUT2D eigenvalue weighted by molar-refractivity contribution is 5.94. The van der Waals surface area contributed by atoms with Crippen molar-refractivity contribution < 1.29 is 14.4 Å². The molecule has 0 rings (SSSR count). The number of Topliss-reactive ketones (excluding diaryl/α,β-unsaturated/α-hetero) is 1. The molecule has 2 unspecified atom stereocenters. The number of hydrogen-bond acceptors (Lipinski definition) is 3. The van der Waals surface area contributed by atoms with Crippen molar-refractivity contribution in [2.45, 2.75) is 92.7 Å². The van der Waals surface area contributed by atoms with Crippen molar-refractivity contribution in [3.05, 3.63) is 12.2 Å². The van der Waals surface area contributed by atoms with Crippen molar-refractivity contribution in [3.8, 4) is 0 Å². The van der Waals surface area contributed by atoms with E-state index in [9.17, 15) is 14.4 Å². The van der Waals surface area contributed by atoms with Crippen LogP contribution in [0.1, 0.15) is 80.6 Å². The lowest BCUT2D eigenvalue weighted by atomic mass is 9.89. The van der Waals surface area contributed by atoms with Crippen molar-refractivity contribution in [2.24, 2.45) is 17.8 Å². The van der Waals surface area contributed by atoms with Crippen molar-refractivity contribution in [2.75, 3.05) is 0 Å². The van der Waals surface area contributed by atoms with E-state index in [4.69, 9.17) is 0 Å². The first kappa shape index (κ1) is 25.4. The number of carbonyl (C=O) groups excluding carboxylic acids is 3. The zero-order valence-corrected chi connectivity index (χ0v) is 18.4. The van der Waals surface area contributed by atoms with Crippen LogP contribution in [0.4, 0.5) is 0 Å². The van der Waals surface area contributed by atoms with E-state index in [-0.39, 0.29) is 35.4 Å². The highest BCUT2D eigenvalue weighted by Gasteiger charge is 2.31. The number of amides is 2. The molecule has 3 atom stereocenters. The van der Waals surface area contributed by atoms with Gasteiger partial charge in [-0.05, 0) is 31.6 Å². The molecule has 2 N–H and O–H groups in total. The standard InChI is InChI=1S/C22H40N2O3/c1-9-10-11-12-19(25)24-20(16(6)7)22(27)23-18(13-14(2)3)21(26)17(8)15(4)5/h14,16-18,20H,4,9-13H2,1-3,5-8H3,(H,23,27)(H,24,25)/t17?,18-,20?/m0/s1. The van der Waals surface area contributed by atoms with Crippen LogP contribution in [0.25, 0.3) is 0 Å². The second-order valence-electron chi connectivity index (χ2n) is 8.41. The lowest BCUT2D eigenvalue weighted by Gasteiger charge is -2.27. The summed E-state index contributed by atoms with van der Waals surface area (Å²) in [6, 6.07) is -1.20. The Hall–Kier alpha value is -1.65. The molecule has 2 amide bonds. The number of unbranched alkanes of at least 4 members (excludes halogenated alkanes) is 2. The predicted molar refractivity (Wildman–Crippen MR) is 111 cm³/mol. The molecule has 0 heterocycles. The van der Waals surface area contributed by atoms with Gasteiger partial charge in [0.15, 0.2) is 5.78 Å². The molecule has 0 aliphatic rings. The molecule has 0 saturated carbocycles. The quantitative estimate of drug-likeness (QED) is 0.374. The predicted octanol–water partition coefficient (Wildman–Crippen LogP) is 4.02. The van der Waals surface area contributed by atoms with E-state index in [1.165, 1.54) is 0 Å². The number of rotatable bonds is 13. The maximum Gasteiger partial charge on any atom is 0.243 e. The summed E-state index contributed by atoms with van der Waals surface area (Å²) >= 11 is 0. The summed E-state index contributed by atoms with van der Waals surface area (Å²) in [7, 11) is 0. The van der Waals surface area contributed by atoms with Crippen molar-refractivity contribution >= 4 is 17.6 Å². The van der Waals surface area contributed by atoms with Gasteiger partial charge in [0, 0.05) is 12.3 Å². The van der Waals surface area contributed by atoms with Crippen LogP contribution in [0, 0.1) is 17.8 Å². The Morgan fingerprint density at radius 2 is 1.56 bits per heavy atom. The van der Waals surface area contributed by atoms with Gasteiger partial charge in [0.25, 0.3) is 0 Å². The van der Waals surface area contributed by atoms with E-state index in [1.807, 2.05) is 41.5 Å². The summed E-state index contributed by atoms with van der Waals surface area (Å²) in [5.74, 6) is -0.538. The number of ketones is 1. The van der Waals surface area contributed by atoms with Gasteiger partial charge >= 0.3 is 0 Å². The molecule has 0 spiro atoms. The second kappa shape index (κ2) is 12.7. The van der Waals surface area contributed by atoms with Gasteiger partial charge < -0.3 is 10.6 Å². The average Bonchev–Trinajstić information content (AvgIpc) is 2.57. The summed E-state index contributed by atoms with van der Waals surface area (Å²) in [6.45, 7) is 17.4. The fourth-order valence-electron chi connectivity index (χ4n) is 2.84. The first-order chi connectivity index (χ1) is 12.5. The van der Waals surface area contributed by atoms with Crippen molar-refractivity contribution in [3.63, 3.8) is 0 Å². The van der Waals surface area contributed by atoms with Crippen LogP contribution in [0.15, 0.2) is 12.2 Å². The molecule has 0 aliphatic heterocycles. The van der Waals surface area contributed by atoms with Gasteiger partial charge in [0.05, 0.1) is 6.04 Å². The van der Waals surface area contributed by atoms with E-state index in [0.717, 1.165) is 24.8 Å². The zero-order valence-electron chi connectivity index (χ0n) is 18.4. The van der Waals surface area contributed by atoms with E-state index in [0.29, 0.717) is 12.8 Å².